The Kier molecular flexibility index (Phi) is 5.19. The molecular weight excluding hydrogens is 292 g/mol. The van der Waals surface area contributed by atoms with Crippen LogP contribution in [0.3, 0.4) is 0 Å². The van der Waals surface area contributed by atoms with Crippen LogP contribution in [0.1, 0.15) is 62.4 Å². The van der Waals surface area contributed by atoms with Crippen LogP contribution in [0.5, 0.6) is 0 Å². The number of fused-ring (bicyclic) bond motifs is 1. The SMILES string of the molecule is CCC1c2ccsc2CCN1CC(=O)N1CCCCC1CC. The Morgan fingerprint density at radius 2 is 2.14 bits per heavy atom. The summed E-state index contributed by atoms with van der Waals surface area (Å²) in [6.07, 6.45) is 6.93. The fourth-order valence-corrected chi connectivity index (χ4v) is 5.06. The van der Waals surface area contributed by atoms with Gasteiger partial charge < -0.3 is 4.90 Å². The van der Waals surface area contributed by atoms with Gasteiger partial charge in [-0.3, -0.25) is 9.69 Å². The second-order valence-electron chi connectivity index (χ2n) is 6.59. The lowest BCUT2D eigenvalue weighted by Crippen LogP contribution is -2.49. The maximum Gasteiger partial charge on any atom is 0.237 e. The zero-order valence-electron chi connectivity index (χ0n) is 13.9. The molecule has 3 heterocycles. The van der Waals surface area contributed by atoms with Crippen LogP contribution in [0.4, 0.5) is 0 Å². The van der Waals surface area contributed by atoms with E-state index in [1.807, 2.05) is 11.3 Å². The van der Waals surface area contributed by atoms with Gasteiger partial charge in [0.2, 0.25) is 5.91 Å². The Hall–Kier alpha value is -0.870. The number of nitrogens with zero attached hydrogens (tertiary/aromatic N) is 2. The Bertz CT molecular complexity index is 513. The van der Waals surface area contributed by atoms with Crippen molar-refractivity contribution in [3.05, 3.63) is 21.9 Å². The van der Waals surface area contributed by atoms with Gasteiger partial charge in [-0.2, -0.15) is 0 Å². The van der Waals surface area contributed by atoms with Gasteiger partial charge in [0.25, 0.3) is 0 Å². The van der Waals surface area contributed by atoms with E-state index < -0.39 is 0 Å². The lowest BCUT2D eigenvalue weighted by atomic mass is 9.97. The second-order valence-corrected chi connectivity index (χ2v) is 7.59. The largest absolute Gasteiger partial charge is 0.339 e. The summed E-state index contributed by atoms with van der Waals surface area (Å²) < 4.78 is 0. The highest BCUT2D eigenvalue weighted by Crippen LogP contribution is 2.35. The number of carbonyl (C=O) groups excluding carboxylic acids is 1. The van der Waals surface area contributed by atoms with Crippen molar-refractivity contribution in [2.45, 2.75) is 64.5 Å². The van der Waals surface area contributed by atoms with Crippen LogP contribution in [-0.2, 0) is 11.2 Å². The monoisotopic (exact) mass is 320 g/mol. The van der Waals surface area contributed by atoms with Crippen molar-refractivity contribution in [2.24, 2.45) is 0 Å². The molecule has 0 N–H and O–H groups in total. The number of amides is 1. The van der Waals surface area contributed by atoms with Crippen LogP contribution >= 0.6 is 11.3 Å². The zero-order chi connectivity index (χ0) is 15.5. The van der Waals surface area contributed by atoms with E-state index in [1.165, 1.54) is 29.7 Å². The molecule has 0 bridgehead atoms. The zero-order valence-corrected chi connectivity index (χ0v) is 14.7. The predicted molar refractivity (Wildman–Crippen MR) is 92.3 cm³/mol. The molecule has 0 aliphatic carbocycles. The van der Waals surface area contributed by atoms with E-state index >= 15 is 0 Å². The molecule has 122 valence electrons. The van der Waals surface area contributed by atoms with Crippen LogP contribution in [-0.4, -0.2) is 41.4 Å². The maximum atomic E-state index is 12.8. The first-order chi connectivity index (χ1) is 10.7. The number of carbonyl (C=O) groups is 1. The molecule has 1 aromatic rings. The van der Waals surface area contributed by atoms with E-state index in [4.69, 9.17) is 0 Å². The highest BCUT2D eigenvalue weighted by atomic mass is 32.1. The van der Waals surface area contributed by atoms with Crippen LogP contribution in [0.15, 0.2) is 11.4 Å². The van der Waals surface area contributed by atoms with Gasteiger partial charge in [0, 0.05) is 30.1 Å². The molecule has 2 unspecified atom stereocenters. The Labute approximate surface area is 138 Å². The lowest BCUT2D eigenvalue weighted by Gasteiger charge is -2.39. The highest BCUT2D eigenvalue weighted by molar-refractivity contribution is 7.10. The molecular formula is C18H28N2OS. The van der Waals surface area contributed by atoms with E-state index in [0.29, 0.717) is 24.5 Å². The number of hydrogen-bond donors (Lipinski definition) is 0. The maximum absolute atomic E-state index is 12.8. The molecule has 22 heavy (non-hydrogen) atoms. The average Bonchev–Trinajstić information content (AvgIpc) is 3.03. The van der Waals surface area contributed by atoms with E-state index in [1.54, 1.807) is 0 Å². The standard InChI is InChI=1S/C18H28N2OS/c1-3-14-7-5-6-10-20(14)18(21)13-19-11-8-17-15(9-12-22-17)16(19)4-2/h9,12,14,16H,3-8,10-11,13H2,1-2H3. The minimum absolute atomic E-state index is 0.351. The van der Waals surface area contributed by atoms with Crippen LogP contribution in [0.25, 0.3) is 0 Å². The number of piperidine rings is 1. The molecule has 1 saturated heterocycles. The van der Waals surface area contributed by atoms with E-state index in [-0.39, 0.29) is 0 Å². The quantitative estimate of drug-likeness (QED) is 0.841. The molecule has 1 fully saturated rings. The van der Waals surface area contributed by atoms with Crippen molar-refractivity contribution < 1.29 is 4.79 Å². The third-order valence-corrected chi connectivity index (χ3v) is 6.35. The Balaban J connectivity index is 1.68. The summed E-state index contributed by atoms with van der Waals surface area (Å²) in [7, 11) is 0. The molecule has 1 aromatic heterocycles. The first-order valence-electron chi connectivity index (χ1n) is 8.84. The summed E-state index contributed by atoms with van der Waals surface area (Å²) in [4.78, 5) is 18.9. The number of thiophene rings is 1. The lowest BCUT2D eigenvalue weighted by molar-refractivity contribution is -0.137. The molecule has 2 aliphatic rings. The van der Waals surface area contributed by atoms with Crippen molar-refractivity contribution >= 4 is 17.2 Å². The molecule has 0 radical (unpaired) electrons. The number of likely N-dealkylation sites (tertiary alicyclic amines) is 1. The van der Waals surface area contributed by atoms with Gasteiger partial charge in [-0.05, 0) is 55.5 Å². The third kappa shape index (κ3) is 3.09. The Morgan fingerprint density at radius 3 is 2.91 bits per heavy atom. The summed E-state index contributed by atoms with van der Waals surface area (Å²) in [5.74, 6) is 0.351. The van der Waals surface area contributed by atoms with Crippen molar-refractivity contribution in [2.75, 3.05) is 19.6 Å². The molecule has 0 saturated carbocycles. The Morgan fingerprint density at radius 1 is 1.27 bits per heavy atom. The molecule has 3 nitrogen and oxygen atoms in total. The van der Waals surface area contributed by atoms with Gasteiger partial charge in [-0.25, -0.2) is 0 Å². The molecule has 2 aliphatic heterocycles. The molecule has 1 amide bonds. The summed E-state index contributed by atoms with van der Waals surface area (Å²) in [6, 6.07) is 3.17. The van der Waals surface area contributed by atoms with Crippen LogP contribution in [0.2, 0.25) is 0 Å². The minimum atomic E-state index is 0.351. The van der Waals surface area contributed by atoms with Gasteiger partial charge in [-0.15, -0.1) is 11.3 Å². The molecule has 0 aromatic carbocycles. The fourth-order valence-electron chi connectivity index (χ4n) is 4.13. The summed E-state index contributed by atoms with van der Waals surface area (Å²) in [5.41, 5.74) is 1.47. The summed E-state index contributed by atoms with van der Waals surface area (Å²) in [6.45, 7) is 7.05. The topological polar surface area (TPSA) is 23.6 Å². The van der Waals surface area contributed by atoms with Gasteiger partial charge in [0.1, 0.15) is 0 Å². The smallest absolute Gasteiger partial charge is 0.237 e. The summed E-state index contributed by atoms with van der Waals surface area (Å²) >= 11 is 1.88. The first-order valence-corrected chi connectivity index (χ1v) is 9.72. The fraction of sp³-hybridized carbons (Fsp3) is 0.722. The molecule has 3 rings (SSSR count). The predicted octanol–water partition coefficient (Wildman–Crippen LogP) is 3.85. The average molecular weight is 321 g/mol. The normalized spacial score (nSPS) is 26.0. The minimum Gasteiger partial charge on any atom is -0.339 e. The van der Waals surface area contributed by atoms with Gasteiger partial charge in [-0.1, -0.05) is 13.8 Å². The van der Waals surface area contributed by atoms with E-state index in [0.717, 1.165) is 32.4 Å². The van der Waals surface area contributed by atoms with Crippen molar-refractivity contribution in [3.63, 3.8) is 0 Å². The van der Waals surface area contributed by atoms with Gasteiger partial charge in [0.15, 0.2) is 0 Å². The van der Waals surface area contributed by atoms with Gasteiger partial charge in [0.05, 0.1) is 6.54 Å². The van der Waals surface area contributed by atoms with Crippen LogP contribution < -0.4 is 0 Å². The van der Waals surface area contributed by atoms with E-state index in [9.17, 15) is 4.79 Å². The summed E-state index contributed by atoms with van der Waals surface area (Å²) in [5, 5.41) is 2.20. The van der Waals surface area contributed by atoms with Crippen molar-refractivity contribution in [1.29, 1.82) is 0 Å². The number of rotatable bonds is 4. The second kappa shape index (κ2) is 7.14. The first kappa shape index (κ1) is 16.0. The third-order valence-electron chi connectivity index (χ3n) is 5.35. The van der Waals surface area contributed by atoms with Crippen LogP contribution in [0, 0.1) is 0 Å². The molecule has 2 atom stereocenters. The van der Waals surface area contributed by atoms with E-state index in [2.05, 4.69) is 35.1 Å². The van der Waals surface area contributed by atoms with Gasteiger partial charge >= 0.3 is 0 Å². The highest BCUT2D eigenvalue weighted by Gasteiger charge is 2.31. The molecule has 4 heteroatoms. The molecule has 0 spiro atoms. The van der Waals surface area contributed by atoms with Crippen molar-refractivity contribution in [1.82, 2.24) is 9.80 Å². The van der Waals surface area contributed by atoms with Crippen molar-refractivity contribution in [3.8, 4) is 0 Å². The number of hydrogen-bond acceptors (Lipinski definition) is 3.